The molecule has 0 radical (unpaired) electrons. The second-order valence-corrected chi connectivity index (χ2v) is 4.88. The molecule has 0 aromatic heterocycles. The van der Waals surface area contributed by atoms with Gasteiger partial charge in [0.05, 0.1) is 12.0 Å². The van der Waals surface area contributed by atoms with Crippen LogP contribution in [0.25, 0.3) is 0 Å². The van der Waals surface area contributed by atoms with Gasteiger partial charge in [0.2, 0.25) is 0 Å². The summed E-state index contributed by atoms with van der Waals surface area (Å²) in [4.78, 5) is 11.0. The molecule has 1 aromatic rings. The van der Waals surface area contributed by atoms with Crippen molar-refractivity contribution >= 4 is 5.97 Å². The van der Waals surface area contributed by atoms with Gasteiger partial charge >= 0.3 is 5.97 Å². The standard InChI is InChI=1S/C15H23NO2/c1-4-10-16-15(3,11-14(17)18)13-8-6-12(5-2)7-9-13/h6-9,16H,4-5,10-11H2,1-3H3,(H,17,18). The Morgan fingerprint density at radius 1 is 1.28 bits per heavy atom. The summed E-state index contributed by atoms with van der Waals surface area (Å²) in [5.74, 6) is -0.777. The summed E-state index contributed by atoms with van der Waals surface area (Å²) >= 11 is 0. The summed E-state index contributed by atoms with van der Waals surface area (Å²) in [6.45, 7) is 6.96. The van der Waals surface area contributed by atoms with Crippen molar-refractivity contribution in [3.05, 3.63) is 35.4 Å². The smallest absolute Gasteiger partial charge is 0.305 e. The van der Waals surface area contributed by atoms with Crippen molar-refractivity contribution in [3.8, 4) is 0 Å². The summed E-state index contributed by atoms with van der Waals surface area (Å²) in [5.41, 5.74) is 1.82. The predicted molar refractivity (Wildman–Crippen MR) is 73.7 cm³/mol. The highest BCUT2D eigenvalue weighted by Crippen LogP contribution is 2.25. The van der Waals surface area contributed by atoms with E-state index in [9.17, 15) is 4.79 Å². The average Bonchev–Trinajstić information content (AvgIpc) is 2.35. The van der Waals surface area contributed by atoms with Crippen molar-refractivity contribution in [1.82, 2.24) is 5.32 Å². The summed E-state index contributed by atoms with van der Waals surface area (Å²) in [6, 6.07) is 8.21. The number of aliphatic carboxylic acids is 1. The van der Waals surface area contributed by atoms with Crippen LogP contribution in [0, 0.1) is 0 Å². The van der Waals surface area contributed by atoms with Crippen LogP contribution < -0.4 is 5.32 Å². The molecule has 3 nitrogen and oxygen atoms in total. The molecular weight excluding hydrogens is 226 g/mol. The van der Waals surface area contributed by atoms with E-state index in [0.29, 0.717) is 0 Å². The average molecular weight is 249 g/mol. The normalized spacial score (nSPS) is 14.2. The molecule has 1 atom stereocenters. The Morgan fingerprint density at radius 2 is 1.89 bits per heavy atom. The Hall–Kier alpha value is -1.35. The van der Waals surface area contributed by atoms with E-state index in [-0.39, 0.29) is 6.42 Å². The fourth-order valence-electron chi connectivity index (χ4n) is 2.08. The summed E-state index contributed by atoms with van der Waals surface area (Å²) in [7, 11) is 0. The van der Waals surface area contributed by atoms with Gasteiger partial charge in [-0.05, 0) is 37.4 Å². The lowest BCUT2D eigenvalue weighted by Crippen LogP contribution is -2.41. The van der Waals surface area contributed by atoms with Crippen molar-refractivity contribution in [2.45, 2.75) is 45.6 Å². The van der Waals surface area contributed by atoms with Gasteiger partial charge in [-0.15, -0.1) is 0 Å². The van der Waals surface area contributed by atoms with E-state index < -0.39 is 11.5 Å². The molecule has 0 aliphatic rings. The first kappa shape index (κ1) is 14.7. The third-order valence-corrected chi connectivity index (χ3v) is 3.27. The van der Waals surface area contributed by atoms with E-state index in [4.69, 9.17) is 5.11 Å². The van der Waals surface area contributed by atoms with Crippen LogP contribution in [0.1, 0.15) is 44.7 Å². The minimum Gasteiger partial charge on any atom is -0.481 e. The first-order valence-electron chi connectivity index (χ1n) is 6.58. The monoisotopic (exact) mass is 249 g/mol. The van der Waals surface area contributed by atoms with Gasteiger partial charge < -0.3 is 10.4 Å². The van der Waals surface area contributed by atoms with Gasteiger partial charge in [-0.25, -0.2) is 0 Å². The molecule has 1 rings (SSSR count). The third kappa shape index (κ3) is 3.84. The van der Waals surface area contributed by atoms with Gasteiger partial charge in [-0.3, -0.25) is 4.79 Å². The first-order chi connectivity index (χ1) is 8.51. The lowest BCUT2D eigenvalue weighted by Gasteiger charge is -2.30. The lowest BCUT2D eigenvalue weighted by molar-refractivity contribution is -0.138. The number of carbonyl (C=O) groups is 1. The van der Waals surface area contributed by atoms with E-state index in [0.717, 1.165) is 24.9 Å². The van der Waals surface area contributed by atoms with E-state index in [1.807, 2.05) is 19.1 Å². The zero-order chi connectivity index (χ0) is 13.6. The molecule has 2 N–H and O–H groups in total. The highest BCUT2D eigenvalue weighted by Gasteiger charge is 2.28. The Bertz CT molecular complexity index is 386. The molecule has 100 valence electrons. The maximum absolute atomic E-state index is 11.0. The molecule has 3 heteroatoms. The highest BCUT2D eigenvalue weighted by atomic mass is 16.4. The summed E-state index contributed by atoms with van der Waals surface area (Å²) in [6.07, 6.45) is 2.08. The van der Waals surface area contributed by atoms with Crippen molar-refractivity contribution in [1.29, 1.82) is 0 Å². The second-order valence-electron chi connectivity index (χ2n) is 4.88. The molecule has 0 aliphatic heterocycles. The number of carboxylic acids is 1. The Morgan fingerprint density at radius 3 is 2.33 bits per heavy atom. The molecule has 1 aromatic carbocycles. The molecule has 0 aliphatic carbocycles. The molecule has 0 saturated carbocycles. The number of aryl methyl sites for hydroxylation is 1. The van der Waals surface area contributed by atoms with E-state index >= 15 is 0 Å². The lowest BCUT2D eigenvalue weighted by atomic mass is 9.87. The maximum atomic E-state index is 11.0. The van der Waals surface area contributed by atoms with Crippen LogP contribution in [0.15, 0.2) is 24.3 Å². The van der Waals surface area contributed by atoms with Crippen LogP contribution in [0.2, 0.25) is 0 Å². The molecule has 18 heavy (non-hydrogen) atoms. The largest absolute Gasteiger partial charge is 0.481 e. The molecule has 1 unspecified atom stereocenters. The minimum absolute atomic E-state index is 0.0957. The van der Waals surface area contributed by atoms with Gasteiger partial charge in [-0.1, -0.05) is 38.1 Å². The maximum Gasteiger partial charge on any atom is 0.305 e. The fraction of sp³-hybridized carbons (Fsp3) is 0.533. The zero-order valence-corrected chi connectivity index (χ0v) is 11.5. The quantitative estimate of drug-likeness (QED) is 0.781. The number of hydrogen-bond donors (Lipinski definition) is 2. The predicted octanol–water partition coefficient (Wildman–Crippen LogP) is 2.94. The topological polar surface area (TPSA) is 49.3 Å². The SMILES string of the molecule is CCCNC(C)(CC(=O)O)c1ccc(CC)cc1. The molecule has 0 heterocycles. The van der Waals surface area contributed by atoms with Crippen LogP contribution >= 0.6 is 0 Å². The minimum atomic E-state index is -0.777. The van der Waals surface area contributed by atoms with Crippen LogP contribution in [0.4, 0.5) is 0 Å². The first-order valence-corrected chi connectivity index (χ1v) is 6.58. The van der Waals surface area contributed by atoms with E-state index in [1.54, 1.807) is 0 Å². The number of hydrogen-bond acceptors (Lipinski definition) is 2. The van der Waals surface area contributed by atoms with Gasteiger partial charge in [0, 0.05) is 0 Å². The molecule has 0 amide bonds. The van der Waals surface area contributed by atoms with Crippen LogP contribution in [-0.2, 0) is 16.8 Å². The third-order valence-electron chi connectivity index (χ3n) is 3.27. The summed E-state index contributed by atoms with van der Waals surface area (Å²) in [5, 5.41) is 12.4. The Kier molecular flexibility index (Phi) is 5.35. The van der Waals surface area contributed by atoms with Crippen molar-refractivity contribution < 1.29 is 9.90 Å². The van der Waals surface area contributed by atoms with Gasteiger partial charge in [0.1, 0.15) is 0 Å². The fourth-order valence-corrected chi connectivity index (χ4v) is 2.08. The molecule has 0 spiro atoms. The summed E-state index contributed by atoms with van der Waals surface area (Å²) < 4.78 is 0. The van der Waals surface area contributed by atoms with E-state index in [2.05, 4.69) is 31.3 Å². The van der Waals surface area contributed by atoms with Crippen molar-refractivity contribution in [2.75, 3.05) is 6.54 Å². The number of nitrogens with one attached hydrogen (secondary N) is 1. The van der Waals surface area contributed by atoms with Gasteiger partial charge in [0.25, 0.3) is 0 Å². The van der Waals surface area contributed by atoms with Crippen LogP contribution in [0.5, 0.6) is 0 Å². The highest BCUT2D eigenvalue weighted by molar-refractivity contribution is 5.68. The Balaban J connectivity index is 2.95. The van der Waals surface area contributed by atoms with Crippen molar-refractivity contribution in [3.63, 3.8) is 0 Å². The molecule has 0 bridgehead atoms. The van der Waals surface area contributed by atoms with Gasteiger partial charge in [-0.2, -0.15) is 0 Å². The number of benzene rings is 1. The van der Waals surface area contributed by atoms with Crippen LogP contribution in [-0.4, -0.2) is 17.6 Å². The second kappa shape index (κ2) is 6.55. The Labute approximate surface area is 109 Å². The molecule has 0 fully saturated rings. The van der Waals surface area contributed by atoms with Crippen LogP contribution in [0.3, 0.4) is 0 Å². The zero-order valence-electron chi connectivity index (χ0n) is 11.5. The van der Waals surface area contributed by atoms with E-state index in [1.165, 1.54) is 5.56 Å². The number of carboxylic acid groups (broad SMARTS) is 1. The van der Waals surface area contributed by atoms with Crippen molar-refractivity contribution in [2.24, 2.45) is 0 Å². The van der Waals surface area contributed by atoms with Gasteiger partial charge in [0.15, 0.2) is 0 Å². The number of rotatable bonds is 7. The molecular formula is C15H23NO2. The molecule has 0 saturated heterocycles.